The molecule has 0 atom stereocenters. The van der Waals surface area contributed by atoms with Crippen molar-refractivity contribution < 1.29 is 9.53 Å². The number of hydrogen-bond acceptors (Lipinski definition) is 4. The van der Waals surface area contributed by atoms with Crippen LogP contribution >= 0.6 is 0 Å². The molecule has 1 aromatic heterocycles. The molecular weight excluding hydrogens is 228 g/mol. The highest BCUT2D eigenvalue weighted by Gasteiger charge is 2.14. The molecule has 18 heavy (non-hydrogen) atoms. The Balaban J connectivity index is 2.46. The fraction of sp³-hybridized carbons (Fsp3) is 0.143. The standard InChI is InChI=1S/C14H14N2O2/c1-2-18-14(17)12-9-16-8-11(13(12)15)10-6-4-3-5-7-10/h3-9H,2H2,1H3,(H2,15,16). The molecule has 2 aromatic rings. The van der Waals surface area contributed by atoms with Crippen LogP contribution in [-0.2, 0) is 4.74 Å². The van der Waals surface area contributed by atoms with Gasteiger partial charge in [-0.2, -0.15) is 0 Å². The Kier molecular flexibility index (Phi) is 3.57. The van der Waals surface area contributed by atoms with Gasteiger partial charge >= 0.3 is 5.97 Å². The van der Waals surface area contributed by atoms with Gasteiger partial charge < -0.3 is 10.5 Å². The third-order valence-corrected chi connectivity index (χ3v) is 2.57. The monoisotopic (exact) mass is 242 g/mol. The van der Waals surface area contributed by atoms with E-state index in [-0.39, 0.29) is 0 Å². The fourth-order valence-corrected chi connectivity index (χ4v) is 1.69. The van der Waals surface area contributed by atoms with Crippen molar-refractivity contribution in [2.24, 2.45) is 0 Å². The van der Waals surface area contributed by atoms with Gasteiger partial charge in [-0.1, -0.05) is 30.3 Å². The van der Waals surface area contributed by atoms with Gasteiger partial charge in [0.1, 0.15) is 5.56 Å². The van der Waals surface area contributed by atoms with E-state index >= 15 is 0 Å². The number of rotatable bonds is 3. The maximum absolute atomic E-state index is 11.7. The van der Waals surface area contributed by atoms with Gasteiger partial charge in [0.2, 0.25) is 0 Å². The van der Waals surface area contributed by atoms with Crippen LogP contribution in [-0.4, -0.2) is 17.6 Å². The largest absolute Gasteiger partial charge is 0.462 e. The molecule has 92 valence electrons. The summed E-state index contributed by atoms with van der Waals surface area (Å²) in [6.07, 6.45) is 3.08. The summed E-state index contributed by atoms with van der Waals surface area (Å²) in [5, 5.41) is 0. The highest BCUT2D eigenvalue weighted by molar-refractivity contribution is 5.98. The van der Waals surface area contributed by atoms with Crippen molar-refractivity contribution in [3.05, 3.63) is 48.3 Å². The van der Waals surface area contributed by atoms with Crippen LogP contribution in [0.3, 0.4) is 0 Å². The molecule has 0 aliphatic carbocycles. The minimum absolute atomic E-state index is 0.304. The van der Waals surface area contributed by atoms with Crippen molar-refractivity contribution in [2.75, 3.05) is 12.3 Å². The summed E-state index contributed by atoms with van der Waals surface area (Å²) in [6.45, 7) is 2.07. The first kappa shape index (κ1) is 12.1. The van der Waals surface area contributed by atoms with Crippen LogP contribution in [0.2, 0.25) is 0 Å². The van der Waals surface area contributed by atoms with Crippen LogP contribution in [0.5, 0.6) is 0 Å². The van der Waals surface area contributed by atoms with Crippen LogP contribution in [0.15, 0.2) is 42.7 Å². The molecule has 4 nitrogen and oxygen atoms in total. The third kappa shape index (κ3) is 2.32. The van der Waals surface area contributed by atoms with Crippen LogP contribution in [0.4, 0.5) is 5.69 Å². The lowest BCUT2D eigenvalue weighted by molar-refractivity contribution is 0.0527. The van der Waals surface area contributed by atoms with E-state index < -0.39 is 5.97 Å². The van der Waals surface area contributed by atoms with Crippen molar-refractivity contribution in [3.63, 3.8) is 0 Å². The molecule has 2 rings (SSSR count). The number of carbonyl (C=O) groups excluding carboxylic acids is 1. The molecule has 0 unspecified atom stereocenters. The van der Waals surface area contributed by atoms with E-state index in [4.69, 9.17) is 10.5 Å². The quantitative estimate of drug-likeness (QED) is 0.840. The van der Waals surface area contributed by atoms with E-state index in [1.54, 1.807) is 13.1 Å². The Morgan fingerprint density at radius 2 is 2.00 bits per heavy atom. The van der Waals surface area contributed by atoms with Gasteiger partial charge in [-0.25, -0.2) is 4.79 Å². The van der Waals surface area contributed by atoms with Gasteiger partial charge in [0.25, 0.3) is 0 Å². The number of benzene rings is 1. The topological polar surface area (TPSA) is 65.2 Å². The molecule has 0 aliphatic heterocycles. The number of pyridine rings is 1. The highest BCUT2D eigenvalue weighted by Crippen LogP contribution is 2.27. The lowest BCUT2D eigenvalue weighted by Crippen LogP contribution is -2.09. The summed E-state index contributed by atoms with van der Waals surface area (Å²) in [4.78, 5) is 15.8. The molecular formula is C14H14N2O2. The smallest absolute Gasteiger partial charge is 0.341 e. The molecule has 4 heteroatoms. The zero-order valence-corrected chi connectivity index (χ0v) is 10.1. The Bertz CT molecular complexity index is 553. The SMILES string of the molecule is CCOC(=O)c1cncc(-c2ccccc2)c1N. The van der Waals surface area contributed by atoms with Gasteiger partial charge in [-0.3, -0.25) is 4.98 Å². The zero-order valence-electron chi connectivity index (χ0n) is 10.1. The lowest BCUT2D eigenvalue weighted by atomic mass is 10.0. The molecule has 0 bridgehead atoms. The van der Waals surface area contributed by atoms with Gasteiger partial charge in [0.15, 0.2) is 0 Å². The van der Waals surface area contributed by atoms with E-state index in [2.05, 4.69) is 4.98 Å². The normalized spacial score (nSPS) is 10.1. The molecule has 0 fully saturated rings. The van der Waals surface area contributed by atoms with E-state index in [0.29, 0.717) is 17.9 Å². The number of aromatic nitrogens is 1. The Hall–Kier alpha value is -2.36. The molecule has 0 radical (unpaired) electrons. The third-order valence-electron chi connectivity index (χ3n) is 2.57. The number of nitrogens with two attached hydrogens (primary N) is 1. The second-order valence-corrected chi connectivity index (χ2v) is 3.73. The number of nitrogen functional groups attached to an aromatic ring is 1. The first-order valence-electron chi connectivity index (χ1n) is 5.70. The molecule has 0 amide bonds. The number of nitrogens with zero attached hydrogens (tertiary/aromatic N) is 1. The molecule has 0 saturated heterocycles. The average molecular weight is 242 g/mol. The van der Waals surface area contributed by atoms with Crippen molar-refractivity contribution in [1.29, 1.82) is 0 Å². The van der Waals surface area contributed by atoms with E-state index in [0.717, 1.165) is 11.1 Å². The zero-order chi connectivity index (χ0) is 13.0. The number of carbonyl (C=O) groups is 1. The molecule has 0 spiro atoms. The van der Waals surface area contributed by atoms with Crippen molar-refractivity contribution in [2.45, 2.75) is 6.92 Å². The number of esters is 1. The van der Waals surface area contributed by atoms with Crippen LogP contribution in [0.25, 0.3) is 11.1 Å². The second-order valence-electron chi connectivity index (χ2n) is 3.73. The van der Waals surface area contributed by atoms with Crippen molar-refractivity contribution >= 4 is 11.7 Å². The molecule has 1 aromatic carbocycles. The van der Waals surface area contributed by atoms with Crippen LogP contribution in [0, 0.1) is 0 Å². The van der Waals surface area contributed by atoms with Crippen molar-refractivity contribution in [1.82, 2.24) is 4.98 Å². The molecule has 0 aliphatic rings. The number of anilines is 1. The molecule has 2 N–H and O–H groups in total. The summed E-state index contributed by atoms with van der Waals surface area (Å²) < 4.78 is 4.94. The molecule has 0 saturated carbocycles. The maximum Gasteiger partial charge on any atom is 0.341 e. The van der Waals surface area contributed by atoms with Crippen molar-refractivity contribution in [3.8, 4) is 11.1 Å². The van der Waals surface area contributed by atoms with Crippen LogP contribution in [0.1, 0.15) is 17.3 Å². The van der Waals surface area contributed by atoms with E-state index in [9.17, 15) is 4.79 Å². The number of ether oxygens (including phenoxy) is 1. The summed E-state index contributed by atoms with van der Waals surface area (Å²) >= 11 is 0. The predicted octanol–water partition coefficient (Wildman–Crippen LogP) is 2.51. The molecule has 1 heterocycles. The summed E-state index contributed by atoms with van der Waals surface area (Å²) in [5.41, 5.74) is 8.37. The van der Waals surface area contributed by atoms with Gasteiger partial charge in [0.05, 0.1) is 12.3 Å². The van der Waals surface area contributed by atoms with Gasteiger partial charge in [-0.15, -0.1) is 0 Å². The Morgan fingerprint density at radius 1 is 1.28 bits per heavy atom. The summed E-state index contributed by atoms with van der Waals surface area (Å²) in [5.74, 6) is -0.444. The Labute approximate surface area is 105 Å². The lowest BCUT2D eigenvalue weighted by Gasteiger charge is -2.09. The average Bonchev–Trinajstić information content (AvgIpc) is 2.40. The summed E-state index contributed by atoms with van der Waals surface area (Å²) in [7, 11) is 0. The minimum atomic E-state index is -0.444. The van der Waals surface area contributed by atoms with Gasteiger partial charge in [-0.05, 0) is 12.5 Å². The summed E-state index contributed by atoms with van der Waals surface area (Å²) in [6, 6.07) is 9.57. The minimum Gasteiger partial charge on any atom is -0.462 e. The first-order chi connectivity index (χ1) is 8.74. The first-order valence-corrected chi connectivity index (χ1v) is 5.70. The van der Waals surface area contributed by atoms with E-state index in [1.807, 2.05) is 30.3 Å². The van der Waals surface area contributed by atoms with Crippen LogP contribution < -0.4 is 5.73 Å². The highest BCUT2D eigenvalue weighted by atomic mass is 16.5. The second kappa shape index (κ2) is 5.31. The maximum atomic E-state index is 11.7. The fourth-order valence-electron chi connectivity index (χ4n) is 1.69. The van der Waals surface area contributed by atoms with Gasteiger partial charge in [0, 0.05) is 18.0 Å². The Morgan fingerprint density at radius 3 is 2.67 bits per heavy atom. The predicted molar refractivity (Wildman–Crippen MR) is 70.0 cm³/mol. The van der Waals surface area contributed by atoms with E-state index in [1.165, 1.54) is 6.20 Å². The number of hydrogen-bond donors (Lipinski definition) is 1.